The molecule has 7 N–H and O–H groups in total. The number of amides is 3. The lowest BCUT2D eigenvalue weighted by Gasteiger charge is -2.28. The van der Waals surface area contributed by atoms with Crippen molar-refractivity contribution in [2.75, 3.05) is 25.2 Å². The number of carboxylic acids is 1. The van der Waals surface area contributed by atoms with Crippen LogP contribution in [0.25, 0.3) is 0 Å². The predicted octanol–water partition coefficient (Wildman–Crippen LogP) is -0.947. The summed E-state index contributed by atoms with van der Waals surface area (Å²) >= 11 is 1.52. The second kappa shape index (κ2) is 13.2. The Balaban J connectivity index is 2.17. The lowest BCUT2D eigenvalue weighted by molar-refractivity contribution is -0.149. The minimum absolute atomic E-state index is 0.0209. The summed E-state index contributed by atoms with van der Waals surface area (Å²) in [6, 6.07) is 1.69. The van der Waals surface area contributed by atoms with E-state index in [1.54, 1.807) is 12.1 Å². The van der Waals surface area contributed by atoms with Gasteiger partial charge in [0, 0.05) is 13.0 Å². The molecule has 188 valence electrons. The smallest absolute Gasteiger partial charge is 0.326 e. The Morgan fingerprint density at radius 3 is 2.38 bits per heavy atom. The molecule has 0 aromatic heterocycles. The van der Waals surface area contributed by atoms with E-state index in [1.807, 2.05) is 6.26 Å². The topological polar surface area (TPSA) is 182 Å². The Kier molecular flexibility index (Phi) is 10.6. The standard InChI is InChI=1S/C22H32N4O7S/c1-34-10-8-15(23)19(29)25-17(12-27)20(30)24-16(11-13-4-6-14(28)7-5-13)21(31)26-9-2-3-18(26)22(32)33/h4-7,15-18,27-28H,2-3,8-12,23H2,1H3,(H,24,30)(H,25,29)(H,32,33). The first-order chi connectivity index (χ1) is 16.2. The number of benzene rings is 1. The molecule has 0 spiro atoms. The Morgan fingerprint density at radius 1 is 1.15 bits per heavy atom. The van der Waals surface area contributed by atoms with Crippen LogP contribution in [0.1, 0.15) is 24.8 Å². The number of phenols is 1. The molecule has 1 aromatic carbocycles. The number of aliphatic carboxylic acids is 1. The first-order valence-electron chi connectivity index (χ1n) is 10.9. The number of rotatable bonds is 12. The Morgan fingerprint density at radius 2 is 1.79 bits per heavy atom. The molecular formula is C22H32N4O7S. The molecule has 4 unspecified atom stereocenters. The molecule has 4 atom stereocenters. The zero-order valence-corrected chi connectivity index (χ0v) is 19.8. The molecule has 3 amide bonds. The number of thioether (sulfide) groups is 1. The van der Waals surface area contributed by atoms with Gasteiger partial charge < -0.3 is 36.6 Å². The van der Waals surface area contributed by atoms with E-state index in [-0.39, 0.29) is 18.7 Å². The maximum atomic E-state index is 13.3. The van der Waals surface area contributed by atoms with Crippen LogP contribution in [0.3, 0.4) is 0 Å². The monoisotopic (exact) mass is 496 g/mol. The summed E-state index contributed by atoms with van der Waals surface area (Å²) in [4.78, 5) is 51.2. The van der Waals surface area contributed by atoms with Gasteiger partial charge in [-0.05, 0) is 49.0 Å². The number of aliphatic hydroxyl groups is 1. The fourth-order valence-corrected chi connectivity index (χ4v) is 4.17. The average molecular weight is 497 g/mol. The number of nitrogens with zero attached hydrogens (tertiary/aromatic N) is 1. The van der Waals surface area contributed by atoms with Crippen molar-refractivity contribution in [3.05, 3.63) is 29.8 Å². The minimum atomic E-state index is -1.34. The zero-order chi connectivity index (χ0) is 25.3. The summed E-state index contributed by atoms with van der Waals surface area (Å²) in [5.74, 6) is -2.42. The van der Waals surface area contributed by atoms with Gasteiger partial charge in [-0.25, -0.2) is 4.79 Å². The molecule has 11 nitrogen and oxygen atoms in total. The molecule has 1 aliphatic heterocycles. The Labute approximate surface area is 202 Å². The quantitative estimate of drug-likeness (QED) is 0.212. The second-order valence-corrected chi connectivity index (χ2v) is 9.08. The van der Waals surface area contributed by atoms with E-state index < -0.39 is 54.5 Å². The maximum absolute atomic E-state index is 13.3. The van der Waals surface area contributed by atoms with Crippen LogP contribution in [0.15, 0.2) is 24.3 Å². The highest BCUT2D eigenvalue weighted by Gasteiger charge is 2.38. The molecule has 1 saturated heterocycles. The number of aliphatic hydroxyl groups excluding tert-OH is 1. The molecule has 0 saturated carbocycles. The normalized spacial score (nSPS) is 18.1. The van der Waals surface area contributed by atoms with Gasteiger partial charge in [-0.3, -0.25) is 14.4 Å². The van der Waals surface area contributed by atoms with Gasteiger partial charge in [-0.15, -0.1) is 0 Å². The highest BCUT2D eigenvalue weighted by molar-refractivity contribution is 7.98. The predicted molar refractivity (Wildman–Crippen MR) is 126 cm³/mol. The number of nitrogens with two attached hydrogens (primary N) is 1. The molecule has 34 heavy (non-hydrogen) atoms. The largest absolute Gasteiger partial charge is 0.508 e. The lowest BCUT2D eigenvalue weighted by Crippen LogP contribution is -2.58. The van der Waals surface area contributed by atoms with E-state index in [9.17, 15) is 34.5 Å². The molecule has 1 heterocycles. The van der Waals surface area contributed by atoms with Crippen LogP contribution in [0.2, 0.25) is 0 Å². The van der Waals surface area contributed by atoms with Gasteiger partial charge in [-0.1, -0.05) is 12.1 Å². The van der Waals surface area contributed by atoms with Gasteiger partial charge in [0.2, 0.25) is 17.7 Å². The molecule has 1 aromatic rings. The molecule has 0 aliphatic carbocycles. The number of aromatic hydroxyl groups is 1. The molecule has 0 bridgehead atoms. The zero-order valence-electron chi connectivity index (χ0n) is 19.0. The van der Waals surface area contributed by atoms with E-state index in [2.05, 4.69) is 10.6 Å². The van der Waals surface area contributed by atoms with Crippen LogP contribution in [0, 0.1) is 0 Å². The number of carbonyl (C=O) groups excluding carboxylic acids is 3. The summed E-state index contributed by atoms with van der Waals surface area (Å²) < 4.78 is 0. The highest BCUT2D eigenvalue weighted by atomic mass is 32.2. The molecular weight excluding hydrogens is 464 g/mol. The second-order valence-electron chi connectivity index (χ2n) is 8.09. The van der Waals surface area contributed by atoms with E-state index in [0.717, 1.165) is 0 Å². The fourth-order valence-electron chi connectivity index (χ4n) is 3.68. The SMILES string of the molecule is CSCCC(N)C(=O)NC(CO)C(=O)NC(Cc1ccc(O)cc1)C(=O)N1CCCC1C(=O)O. The number of nitrogens with one attached hydrogen (secondary N) is 2. The van der Waals surface area contributed by atoms with Crippen LogP contribution < -0.4 is 16.4 Å². The summed E-state index contributed by atoms with van der Waals surface area (Å²) in [5.41, 5.74) is 6.44. The van der Waals surface area contributed by atoms with Crippen molar-refractivity contribution in [3.8, 4) is 5.75 Å². The molecule has 0 radical (unpaired) electrons. The van der Waals surface area contributed by atoms with Gasteiger partial charge in [0.25, 0.3) is 0 Å². The fraction of sp³-hybridized carbons (Fsp3) is 0.545. The van der Waals surface area contributed by atoms with Gasteiger partial charge >= 0.3 is 5.97 Å². The molecule has 2 rings (SSSR count). The van der Waals surface area contributed by atoms with Crippen molar-refractivity contribution in [3.63, 3.8) is 0 Å². The highest BCUT2D eigenvalue weighted by Crippen LogP contribution is 2.20. The third-order valence-corrected chi connectivity index (χ3v) is 6.24. The number of hydrogen-bond donors (Lipinski definition) is 6. The number of hydrogen-bond acceptors (Lipinski definition) is 8. The van der Waals surface area contributed by atoms with Crippen molar-refractivity contribution in [1.29, 1.82) is 0 Å². The van der Waals surface area contributed by atoms with Crippen molar-refractivity contribution >= 4 is 35.5 Å². The van der Waals surface area contributed by atoms with E-state index >= 15 is 0 Å². The van der Waals surface area contributed by atoms with Crippen molar-refractivity contribution < 1.29 is 34.5 Å². The Bertz CT molecular complexity index is 867. The number of phenolic OH excluding ortho intramolecular Hbond substituents is 1. The summed E-state index contributed by atoms with van der Waals surface area (Å²) in [5, 5.41) is 33.6. The van der Waals surface area contributed by atoms with Crippen molar-refractivity contribution in [1.82, 2.24) is 15.5 Å². The van der Waals surface area contributed by atoms with Gasteiger partial charge in [0.05, 0.1) is 12.6 Å². The van der Waals surface area contributed by atoms with E-state index in [1.165, 1.54) is 28.8 Å². The summed E-state index contributed by atoms with van der Waals surface area (Å²) in [6.07, 6.45) is 3.11. The van der Waals surface area contributed by atoms with Crippen molar-refractivity contribution in [2.45, 2.75) is 49.9 Å². The molecule has 12 heteroatoms. The number of carbonyl (C=O) groups is 4. The summed E-state index contributed by atoms with van der Waals surface area (Å²) in [6.45, 7) is -0.476. The third kappa shape index (κ3) is 7.61. The maximum Gasteiger partial charge on any atom is 0.326 e. The van der Waals surface area contributed by atoms with Gasteiger partial charge in [-0.2, -0.15) is 11.8 Å². The van der Waals surface area contributed by atoms with Crippen LogP contribution >= 0.6 is 11.8 Å². The van der Waals surface area contributed by atoms with Crippen LogP contribution in [-0.4, -0.2) is 93.2 Å². The van der Waals surface area contributed by atoms with Crippen molar-refractivity contribution in [2.24, 2.45) is 5.73 Å². The number of carboxylic acid groups (broad SMARTS) is 1. The van der Waals surface area contributed by atoms with Crippen LogP contribution in [-0.2, 0) is 25.6 Å². The van der Waals surface area contributed by atoms with Crippen LogP contribution in [0.4, 0.5) is 0 Å². The van der Waals surface area contributed by atoms with Gasteiger partial charge in [0.15, 0.2) is 0 Å². The number of likely N-dealkylation sites (tertiary alicyclic amines) is 1. The first kappa shape index (κ1) is 27.4. The third-order valence-electron chi connectivity index (χ3n) is 5.60. The average Bonchev–Trinajstić information content (AvgIpc) is 3.31. The molecule has 1 fully saturated rings. The minimum Gasteiger partial charge on any atom is -0.508 e. The lowest BCUT2D eigenvalue weighted by atomic mass is 10.0. The summed E-state index contributed by atoms with van der Waals surface area (Å²) in [7, 11) is 0. The van der Waals surface area contributed by atoms with Crippen LogP contribution in [0.5, 0.6) is 5.75 Å². The molecule has 1 aliphatic rings. The Hall–Kier alpha value is -2.83. The van der Waals surface area contributed by atoms with Gasteiger partial charge in [0.1, 0.15) is 23.9 Å². The first-order valence-corrected chi connectivity index (χ1v) is 12.3. The van der Waals surface area contributed by atoms with E-state index in [4.69, 9.17) is 5.73 Å². The van der Waals surface area contributed by atoms with E-state index in [0.29, 0.717) is 30.6 Å².